The molecular formula is C18H28N2. The van der Waals surface area contributed by atoms with Gasteiger partial charge in [-0.3, -0.25) is 0 Å². The van der Waals surface area contributed by atoms with E-state index in [9.17, 15) is 0 Å². The Morgan fingerprint density at radius 1 is 1.15 bits per heavy atom. The molecule has 2 atom stereocenters. The number of nitrogens with one attached hydrogen (secondary N) is 1. The predicted molar refractivity (Wildman–Crippen MR) is 86.4 cm³/mol. The number of benzene rings is 1. The second kappa shape index (κ2) is 6.17. The van der Waals surface area contributed by atoms with Gasteiger partial charge in [-0.15, -0.1) is 0 Å². The van der Waals surface area contributed by atoms with Gasteiger partial charge in [0.15, 0.2) is 0 Å². The summed E-state index contributed by atoms with van der Waals surface area (Å²) in [5.74, 6) is 0. The molecule has 2 unspecified atom stereocenters. The Labute approximate surface area is 123 Å². The van der Waals surface area contributed by atoms with Crippen LogP contribution in [0.15, 0.2) is 24.3 Å². The van der Waals surface area contributed by atoms with Gasteiger partial charge in [0.25, 0.3) is 0 Å². The first-order chi connectivity index (χ1) is 9.83. The maximum atomic E-state index is 3.52. The third kappa shape index (κ3) is 2.58. The fourth-order valence-electron chi connectivity index (χ4n) is 4.25. The third-order valence-electron chi connectivity index (χ3n) is 5.17. The van der Waals surface area contributed by atoms with Crippen LogP contribution in [-0.2, 0) is 6.42 Å². The first-order valence-corrected chi connectivity index (χ1v) is 8.37. The van der Waals surface area contributed by atoms with E-state index < -0.39 is 0 Å². The summed E-state index contributed by atoms with van der Waals surface area (Å²) in [6.45, 7) is 2.28. The number of anilines is 1. The Morgan fingerprint density at radius 3 is 2.50 bits per heavy atom. The van der Waals surface area contributed by atoms with Crippen LogP contribution >= 0.6 is 0 Å². The van der Waals surface area contributed by atoms with Crippen molar-refractivity contribution in [3.8, 4) is 0 Å². The molecule has 0 aromatic heterocycles. The molecule has 0 amide bonds. The van der Waals surface area contributed by atoms with Crippen LogP contribution in [0, 0.1) is 0 Å². The number of para-hydroxylation sites is 1. The molecule has 2 nitrogen and oxygen atoms in total. The Hall–Kier alpha value is -1.02. The van der Waals surface area contributed by atoms with Crippen LogP contribution in [0.25, 0.3) is 0 Å². The van der Waals surface area contributed by atoms with E-state index in [1.165, 1.54) is 50.6 Å². The van der Waals surface area contributed by atoms with Crippen molar-refractivity contribution < 1.29 is 0 Å². The lowest BCUT2D eigenvalue weighted by molar-refractivity contribution is 0.252. The van der Waals surface area contributed by atoms with E-state index in [1.807, 2.05) is 0 Å². The fourth-order valence-corrected chi connectivity index (χ4v) is 4.25. The van der Waals surface area contributed by atoms with Gasteiger partial charge in [-0.05, 0) is 57.2 Å². The Bertz CT molecular complexity index is 429. The number of aryl methyl sites for hydroxylation is 1. The highest BCUT2D eigenvalue weighted by Gasteiger charge is 2.38. The molecule has 0 aliphatic carbocycles. The van der Waals surface area contributed by atoms with Crippen LogP contribution < -0.4 is 10.2 Å². The van der Waals surface area contributed by atoms with Gasteiger partial charge < -0.3 is 10.2 Å². The SMILES string of the molecule is CCCc1ccccc1N1C2CCCC1CC(NC)C2. The Balaban J connectivity index is 1.89. The fraction of sp³-hybridized carbons (Fsp3) is 0.667. The molecule has 20 heavy (non-hydrogen) atoms. The molecular weight excluding hydrogens is 244 g/mol. The molecule has 2 fully saturated rings. The average Bonchev–Trinajstić information content (AvgIpc) is 2.47. The van der Waals surface area contributed by atoms with Gasteiger partial charge in [0, 0.05) is 23.8 Å². The quantitative estimate of drug-likeness (QED) is 0.898. The molecule has 1 aromatic carbocycles. The zero-order chi connectivity index (χ0) is 13.9. The van der Waals surface area contributed by atoms with Crippen molar-refractivity contribution in [1.82, 2.24) is 5.32 Å². The lowest BCUT2D eigenvalue weighted by Crippen LogP contribution is -2.56. The molecule has 2 bridgehead atoms. The minimum absolute atomic E-state index is 0.722. The van der Waals surface area contributed by atoms with E-state index >= 15 is 0 Å². The number of piperidine rings is 2. The molecule has 3 rings (SSSR count). The van der Waals surface area contributed by atoms with Gasteiger partial charge in [-0.25, -0.2) is 0 Å². The normalized spacial score (nSPS) is 29.5. The van der Waals surface area contributed by atoms with Gasteiger partial charge in [0.05, 0.1) is 0 Å². The molecule has 110 valence electrons. The summed E-state index contributed by atoms with van der Waals surface area (Å²) in [5, 5.41) is 3.52. The lowest BCUT2D eigenvalue weighted by atomic mass is 9.81. The van der Waals surface area contributed by atoms with Crippen molar-refractivity contribution >= 4 is 5.69 Å². The maximum Gasteiger partial charge on any atom is 0.0403 e. The maximum absolute atomic E-state index is 3.52. The summed E-state index contributed by atoms with van der Waals surface area (Å²) in [7, 11) is 2.13. The molecule has 2 heteroatoms. The summed E-state index contributed by atoms with van der Waals surface area (Å²) in [5.41, 5.74) is 3.08. The van der Waals surface area contributed by atoms with Crippen molar-refractivity contribution in [2.75, 3.05) is 11.9 Å². The molecule has 1 aromatic rings. The number of nitrogens with zero attached hydrogens (tertiary/aromatic N) is 1. The molecule has 2 saturated heterocycles. The highest BCUT2D eigenvalue weighted by molar-refractivity contribution is 5.56. The second-order valence-corrected chi connectivity index (χ2v) is 6.48. The van der Waals surface area contributed by atoms with Gasteiger partial charge in [0.2, 0.25) is 0 Å². The summed E-state index contributed by atoms with van der Waals surface area (Å²) in [6.07, 6.45) is 9.23. The van der Waals surface area contributed by atoms with Crippen molar-refractivity contribution in [2.45, 2.75) is 70.0 Å². The number of rotatable bonds is 4. The van der Waals surface area contributed by atoms with E-state index in [4.69, 9.17) is 0 Å². The zero-order valence-corrected chi connectivity index (χ0v) is 12.9. The van der Waals surface area contributed by atoms with Gasteiger partial charge >= 0.3 is 0 Å². The molecule has 2 aliphatic rings. The van der Waals surface area contributed by atoms with Crippen LogP contribution in [0.3, 0.4) is 0 Å². The largest absolute Gasteiger partial charge is 0.365 e. The summed E-state index contributed by atoms with van der Waals surface area (Å²) >= 11 is 0. The lowest BCUT2D eigenvalue weighted by Gasteiger charge is -2.51. The number of hydrogen-bond acceptors (Lipinski definition) is 2. The Kier molecular flexibility index (Phi) is 4.30. The van der Waals surface area contributed by atoms with Crippen LogP contribution in [0.4, 0.5) is 5.69 Å². The van der Waals surface area contributed by atoms with Crippen molar-refractivity contribution in [3.63, 3.8) is 0 Å². The first-order valence-electron chi connectivity index (χ1n) is 8.37. The van der Waals surface area contributed by atoms with E-state index in [2.05, 4.69) is 48.5 Å². The molecule has 0 saturated carbocycles. The number of fused-ring (bicyclic) bond motifs is 2. The summed E-state index contributed by atoms with van der Waals surface area (Å²) in [4.78, 5) is 2.78. The summed E-state index contributed by atoms with van der Waals surface area (Å²) in [6, 6.07) is 11.3. The molecule has 0 spiro atoms. The monoisotopic (exact) mass is 272 g/mol. The zero-order valence-electron chi connectivity index (χ0n) is 12.9. The summed E-state index contributed by atoms with van der Waals surface area (Å²) < 4.78 is 0. The highest BCUT2D eigenvalue weighted by Crippen LogP contribution is 2.39. The average molecular weight is 272 g/mol. The van der Waals surface area contributed by atoms with Gasteiger partial charge in [-0.1, -0.05) is 31.5 Å². The van der Waals surface area contributed by atoms with E-state index in [-0.39, 0.29) is 0 Å². The minimum atomic E-state index is 0.722. The standard InChI is InChI=1S/C18H28N2/c1-3-7-14-8-4-5-11-18(14)20-16-9-6-10-17(20)13-15(12-16)19-2/h4-5,8,11,15-17,19H,3,6-7,9-10,12-13H2,1-2H3. The van der Waals surface area contributed by atoms with E-state index in [1.54, 1.807) is 5.56 Å². The number of hydrogen-bond donors (Lipinski definition) is 1. The Morgan fingerprint density at radius 2 is 1.85 bits per heavy atom. The van der Waals surface area contributed by atoms with Crippen LogP contribution in [0.5, 0.6) is 0 Å². The van der Waals surface area contributed by atoms with E-state index in [0.717, 1.165) is 18.1 Å². The second-order valence-electron chi connectivity index (χ2n) is 6.48. The predicted octanol–water partition coefficient (Wildman–Crippen LogP) is 3.75. The van der Waals surface area contributed by atoms with Gasteiger partial charge in [0.1, 0.15) is 0 Å². The van der Waals surface area contributed by atoms with Crippen molar-refractivity contribution in [1.29, 1.82) is 0 Å². The molecule has 2 heterocycles. The third-order valence-corrected chi connectivity index (χ3v) is 5.17. The highest BCUT2D eigenvalue weighted by atomic mass is 15.2. The molecule has 1 N–H and O–H groups in total. The molecule has 0 radical (unpaired) electrons. The van der Waals surface area contributed by atoms with Crippen LogP contribution in [0.1, 0.15) is 51.0 Å². The van der Waals surface area contributed by atoms with Crippen molar-refractivity contribution in [3.05, 3.63) is 29.8 Å². The molecule has 2 aliphatic heterocycles. The first kappa shape index (κ1) is 13.9. The smallest absolute Gasteiger partial charge is 0.0403 e. The van der Waals surface area contributed by atoms with E-state index in [0.29, 0.717) is 0 Å². The van der Waals surface area contributed by atoms with Crippen molar-refractivity contribution in [2.24, 2.45) is 0 Å². The van der Waals surface area contributed by atoms with Crippen LogP contribution in [0.2, 0.25) is 0 Å². The topological polar surface area (TPSA) is 15.3 Å². The van der Waals surface area contributed by atoms with Gasteiger partial charge in [-0.2, -0.15) is 0 Å². The van der Waals surface area contributed by atoms with Crippen LogP contribution in [-0.4, -0.2) is 25.2 Å². The minimum Gasteiger partial charge on any atom is -0.365 e.